The average Bonchev–Trinajstić information content (AvgIpc) is 2.81. The molecule has 4 rings (SSSR count). The lowest BCUT2D eigenvalue weighted by atomic mass is 10.1. The highest BCUT2D eigenvalue weighted by atomic mass is 19.1. The topological polar surface area (TPSA) is 153 Å². The number of hydrogen-bond donors (Lipinski definition) is 5. The Morgan fingerprint density at radius 2 is 1.86 bits per heavy atom. The molecule has 2 unspecified atom stereocenters. The standard InChI is InChI=1S/C24H26FN5O5/c1-13-10-17-18(11-16(13)26-8-6-14-2-4-15(25)5-3-14)30(12-20(33)19(32)7-9-31)22-21(27-17)23(34)29-24(35)28-22/h2-5,10-11,19-20,26,31-33H,6-9,12H2,1H3,(H,29,34,35). The molecule has 0 amide bonds. The lowest BCUT2D eigenvalue weighted by molar-refractivity contribution is -0.00282. The number of fused-ring (bicyclic) bond motifs is 2. The average molecular weight is 484 g/mol. The maximum atomic E-state index is 13.1. The second-order valence-electron chi connectivity index (χ2n) is 8.37. The number of benzene rings is 2. The second-order valence-corrected chi connectivity index (χ2v) is 8.37. The Morgan fingerprint density at radius 3 is 2.57 bits per heavy atom. The minimum atomic E-state index is -1.30. The van der Waals surface area contributed by atoms with Crippen molar-refractivity contribution in [3.05, 3.63) is 74.2 Å². The molecule has 0 saturated carbocycles. The van der Waals surface area contributed by atoms with Gasteiger partial charge in [0.15, 0.2) is 11.5 Å². The van der Waals surface area contributed by atoms with Crippen LogP contribution in [0.3, 0.4) is 0 Å². The maximum Gasteiger partial charge on any atom is 0.349 e. The van der Waals surface area contributed by atoms with E-state index in [0.717, 1.165) is 16.8 Å². The summed E-state index contributed by atoms with van der Waals surface area (Å²) in [5, 5.41) is 33.1. The van der Waals surface area contributed by atoms with Crippen LogP contribution in [0.1, 0.15) is 17.5 Å². The number of H-pyrrole nitrogens is 1. The van der Waals surface area contributed by atoms with Crippen molar-refractivity contribution in [1.29, 1.82) is 0 Å². The van der Waals surface area contributed by atoms with Crippen LogP contribution >= 0.6 is 0 Å². The minimum Gasteiger partial charge on any atom is -0.396 e. The van der Waals surface area contributed by atoms with E-state index in [4.69, 9.17) is 5.11 Å². The molecule has 2 aromatic carbocycles. The smallest absolute Gasteiger partial charge is 0.349 e. The van der Waals surface area contributed by atoms with Crippen LogP contribution in [-0.2, 0) is 13.0 Å². The summed E-state index contributed by atoms with van der Waals surface area (Å²) in [6, 6.07) is 9.80. The molecule has 2 aromatic rings. The fourth-order valence-corrected chi connectivity index (χ4v) is 3.95. The molecule has 0 radical (unpaired) electrons. The van der Waals surface area contributed by atoms with E-state index in [1.165, 1.54) is 16.7 Å². The molecule has 0 aromatic heterocycles. The number of hydrogen-bond acceptors (Lipinski definition) is 8. The number of halogens is 1. The fourth-order valence-electron chi connectivity index (χ4n) is 3.95. The molecule has 0 spiro atoms. The van der Waals surface area contributed by atoms with Crippen molar-refractivity contribution in [2.45, 2.75) is 38.5 Å². The largest absolute Gasteiger partial charge is 0.396 e. The van der Waals surface area contributed by atoms with Gasteiger partial charge in [0.2, 0.25) is 0 Å². The number of aromatic amines is 1. The van der Waals surface area contributed by atoms with Crippen molar-refractivity contribution in [2.75, 3.05) is 18.5 Å². The van der Waals surface area contributed by atoms with Crippen molar-refractivity contribution < 1.29 is 19.7 Å². The predicted octanol–water partition coefficient (Wildman–Crippen LogP) is 0.791. The molecule has 5 N–H and O–H groups in total. The highest BCUT2D eigenvalue weighted by Gasteiger charge is 2.24. The van der Waals surface area contributed by atoms with Gasteiger partial charge in [0.05, 0.1) is 29.8 Å². The van der Waals surface area contributed by atoms with Gasteiger partial charge in [-0.25, -0.2) is 14.2 Å². The van der Waals surface area contributed by atoms with Gasteiger partial charge in [-0.2, -0.15) is 4.98 Å². The molecule has 35 heavy (non-hydrogen) atoms. The Hall–Kier alpha value is -3.67. The number of aliphatic hydroxyl groups is 3. The van der Waals surface area contributed by atoms with E-state index in [2.05, 4.69) is 20.3 Å². The Kier molecular flexibility index (Phi) is 7.20. The number of rotatable bonds is 9. The molecule has 11 heteroatoms. The summed E-state index contributed by atoms with van der Waals surface area (Å²) in [6.45, 7) is 1.92. The summed E-state index contributed by atoms with van der Waals surface area (Å²) < 4.78 is 14.6. The molecule has 2 aliphatic rings. The third-order valence-electron chi connectivity index (χ3n) is 5.84. The Bertz CT molecular complexity index is 1420. The SMILES string of the molecule is Cc1cc2nc3c(=O)[nH]c(=O)nc-3n(CC(O)C(O)CCO)c2cc1NCCc1ccc(F)cc1. The lowest BCUT2D eigenvalue weighted by Crippen LogP contribution is -2.34. The zero-order valence-electron chi connectivity index (χ0n) is 19.0. The van der Waals surface area contributed by atoms with Gasteiger partial charge in [-0.3, -0.25) is 9.78 Å². The monoisotopic (exact) mass is 483 g/mol. The number of aliphatic hydroxyl groups excluding tert-OH is 3. The van der Waals surface area contributed by atoms with E-state index in [1.54, 1.807) is 24.3 Å². The maximum absolute atomic E-state index is 13.1. The second kappa shape index (κ2) is 10.3. The highest BCUT2D eigenvalue weighted by Crippen LogP contribution is 2.27. The molecule has 10 nitrogen and oxygen atoms in total. The highest BCUT2D eigenvalue weighted by molar-refractivity contribution is 5.84. The molecule has 2 aliphatic heterocycles. The molecule has 184 valence electrons. The van der Waals surface area contributed by atoms with Crippen LogP contribution in [0.25, 0.3) is 22.6 Å². The summed E-state index contributed by atoms with van der Waals surface area (Å²) in [4.78, 5) is 34.7. The van der Waals surface area contributed by atoms with Gasteiger partial charge in [0.1, 0.15) is 5.82 Å². The zero-order valence-corrected chi connectivity index (χ0v) is 19.0. The Labute approximate surface area is 199 Å². The first kappa shape index (κ1) is 24.5. The van der Waals surface area contributed by atoms with E-state index >= 15 is 0 Å². The van der Waals surface area contributed by atoms with Crippen molar-refractivity contribution >= 4 is 16.7 Å². The Morgan fingerprint density at radius 1 is 1.11 bits per heavy atom. The number of anilines is 1. The molecule has 2 heterocycles. The van der Waals surface area contributed by atoms with E-state index in [0.29, 0.717) is 24.0 Å². The first-order valence-electron chi connectivity index (χ1n) is 11.2. The summed E-state index contributed by atoms with van der Waals surface area (Å²) in [7, 11) is 0. The van der Waals surface area contributed by atoms with Crippen LogP contribution in [0.2, 0.25) is 0 Å². The summed E-state index contributed by atoms with van der Waals surface area (Å²) in [5.41, 5.74) is 1.86. The summed E-state index contributed by atoms with van der Waals surface area (Å²) in [5.74, 6) is -0.320. The van der Waals surface area contributed by atoms with E-state index in [1.807, 2.05) is 6.92 Å². The van der Waals surface area contributed by atoms with Crippen LogP contribution in [0.4, 0.5) is 10.1 Å². The molecule has 0 bridgehead atoms. The number of nitrogens with zero attached hydrogens (tertiary/aromatic N) is 3. The van der Waals surface area contributed by atoms with Crippen LogP contribution in [0, 0.1) is 12.7 Å². The number of nitrogens with one attached hydrogen (secondary N) is 2. The Balaban J connectivity index is 1.75. The van der Waals surface area contributed by atoms with Crippen molar-refractivity contribution in [3.8, 4) is 11.5 Å². The molecular formula is C24H26FN5O5. The van der Waals surface area contributed by atoms with Gasteiger partial charge in [-0.05, 0) is 55.2 Å². The van der Waals surface area contributed by atoms with Gasteiger partial charge < -0.3 is 25.2 Å². The van der Waals surface area contributed by atoms with E-state index < -0.39 is 23.5 Å². The third kappa shape index (κ3) is 5.37. The van der Waals surface area contributed by atoms with Gasteiger partial charge in [-0.1, -0.05) is 12.1 Å². The predicted molar refractivity (Wildman–Crippen MR) is 128 cm³/mol. The van der Waals surface area contributed by atoms with Crippen molar-refractivity contribution in [3.63, 3.8) is 0 Å². The van der Waals surface area contributed by atoms with Crippen LogP contribution < -0.4 is 16.6 Å². The normalized spacial score (nSPS) is 13.3. The summed E-state index contributed by atoms with van der Waals surface area (Å²) >= 11 is 0. The minimum absolute atomic E-state index is 0.0254. The zero-order chi connectivity index (χ0) is 25.1. The van der Waals surface area contributed by atoms with E-state index in [9.17, 15) is 24.2 Å². The van der Waals surface area contributed by atoms with Gasteiger partial charge >= 0.3 is 5.69 Å². The summed E-state index contributed by atoms with van der Waals surface area (Å²) in [6.07, 6.45) is -1.92. The van der Waals surface area contributed by atoms with Crippen LogP contribution in [0.5, 0.6) is 0 Å². The third-order valence-corrected chi connectivity index (χ3v) is 5.84. The lowest BCUT2D eigenvalue weighted by Gasteiger charge is -2.23. The number of aryl methyl sites for hydroxylation is 1. The van der Waals surface area contributed by atoms with E-state index in [-0.39, 0.29) is 36.9 Å². The van der Waals surface area contributed by atoms with Gasteiger partial charge in [-0.15, -0.1) is 0 Å². The van der Waals surface area contributed by atoms with Crippen LogP contribution in [-0.4, -0.2) is 60.2 Å². The van der Waals surface area contributed by atoms with Crippen LogP contribution in [0.15, 0.2) is 46.0 Å². The molecule has 0 aliphatic carbocycles. The molecule has 2 atom stereocenters. The molecule has 0 fully saturated rings. The van der Waals surface area contributed by atoms with Gasteiger partial charge in [0.25, 0.3) is 5.56 Å². The first-order valence-corrected chi connectivity index (χ1v) is 11.2. The molecular weight excluding hydrogens is 457 g/mol. The first-order chi connectivity index (χ1) is 16.8. The number of aromatic nitrogens is 4. The fraction of sp³-hybridized carbons (Fsp3) is 0.333. The quantitative estimate of drug-likeness (QED) is 0.219. The van der Waals surface area contributed by atoms with Crippen molar-refractivity contribution in [1.82, 2.24) is 19.5 Å². The molecule has 0 saturated heterocycles. The van der Waals surface area contributed by atoms with Crippen molar-refractivity contribution in [2.24, 2.45) is 0 Å². The van der Waals surface area contributed by atoms with Gasteiger partial charge in [0, 0.05) is 18.8 Å².